The van der Waals surface area contributed by atoms with Gasteiger partial charge in [0.05, 0.1) is 0 Å². The third-order valence-electron chi connectivity index (χ3n) is 3.36. The number of nitrogens with one attached hydrogen (secondary N) is 1. The van der Waals surface area contributed by atoms with E-state index >= 15 is 0 Å². The van der Waals surface area contributed by atoms with Gasteiger partial charge in [-0.25, -0.2) is 0 Å². The molecule has 0 atom stereocenters. The van der Waals surface area contributed by atoms with Crippen LogP contribution in [0.3, 0.4) is 0 Å². The summed E-state index contributed by atoms with van der Waals surface area (Å²) in [6.07, 6.45) is 0. The fourth-order valence-corrected chi connectivity index (χ4v) is 2.12. The average Bonchev–Trinajstić information content (AvgIpc) is 2.36. The molecule has 1 N–H and O–H groups in total. The molecule has 2 aromatic carbocycles. The van der Waals surface area contributed by atoms with Crippen LogP contribution < -0.4 is 10.1 Å². The molecule has 2 aromatic rings. The van der Waals surface area contributed by atoms with Crippen molar-refractivity contribution in [1.82, 2.24) is 5.32 Å². The zero-order chi connectivity index (χ0) is 12.2. The van der Waals surface area contributed by atoms with Gasteiger partial charge in [-0.3, -0.25) is 0 Å². The van der Waals surface area contributed by atoms with Gasteiger partial charge in [0.1, 0.15) is 12.4 Å². The van der Waals surface area contributed by atoms with Crippen molar-refractivity contribution in [2.45, 2.75) is 12.5 Å². The highest BCUT2D eigenvalue weighted by molar-refractivity contribution is 5.85. The van der Waals surface area contributed by atoms with Crippen molar-refractivity contribution in [2.24, 2.45) is 0 Å². The number of hydrogen-bond acceptors (Lipinski definition) is 2. The molecule has 19 heavy (non-hydrogen) atoms. The van der Waals surface area contributed by atoms with Gasteiger partial charge in [-0.2, -0.15) is 0 Å². The number of benzene rings is 2. The molecular formula is C16H18ClNO. The zero-order valence-electron chi connectivity index (χ0n) is 10.7. The monoisotopic (exact) mass is 275 g/mol. The second-order valence-corrected chi connectivity index (χ2v) is 4.70. The van der Waals surface area contributed by atoms with E-state index in [1.807, 2.05) is 24.3 Å². The first-order valence-corrected chi connectivity index (χ1v) is 6.39. The van der Waals surface area contributed by atoms with E-state index in [1.54, 1.807) is 0 Å². The summed E-state index contributed by atoms with van der Waals surface area (Å²) in [5, 5.41) is 3.30. The summed E-state index contributed by atoms with van der Waals surface area (Å²) in [4.78, 5) is 0. The quantitative estimate of drug-likeness (QED) is 0.924. The molecule has 0 unspecified atom stereocenters. The van der Waals surface area contributed by atoms with Gasteiger partial charge in [0.15, 0.2) is 0 Å². The molecule has 0 amide bonds. The van der Waals surface area contributed by atoms with E-state index in [2.05, 4.69) is 35.6 Å². The zero-order valence-corrected chi connectivity index (χ0v) is 11.5. The smallest absolute Gasteiger partial charge is 0.120 e. The molecule has 1 saturated heterocycles. The van der Waals surface area contributed by atoms with E-state index in [1.165, 1.54) is 11.1 Å². The highest BCUT2D eigenvalue weighted by Crippen LogP contribution is 2.24. The van der Waals surface area contributed by atoms with Gasteiger partial charge < -0.3 is 10.1 Å². The van der Waals surface area contributed by atoms with Crippen molar-refractivity contribution in [1.29, 1.82) is 0 Å². The van der Waals surface area contributed by atoms with Gasteiger partial charge >= 0.3 is 0 Å². The summed E-state index contributed by atoms with van der Waals surface area (Å²) in [6.45, 7) is 2.80. The Morgan fingerprint density at radius 3 is 2.47 bits per heavy atom. The lowest BCUT2D eigenvalue weighted by atomic mass is 9.94. The molecule has 100 valence electrons. The maximum absolute atomic E-state index is 5.83. The van der Waals surface area contributed by atoms with E-state index in [4.69, 9.17) is 4.74 Å². The summed E-state index contributed by atoms with van der Waals surface area (Å²) in [6, 6.07) is 18.7. The van der Waals surface area contributed by atoms with E-state index in [0.29, 0.717) is 12.5 Å². The number of rotatable bonds is 4. The molecule has 2 nitrogen and oxygen atoms in total. The third kappa shape index (κ3) is 3.49. The maximum Gasteiger partial charge on any atom is 0.120 e. The number of halogens is 1. The Morgan fingerprint density at radius 2 is 1.79 bits per heavy atom. The largest absolute Gasteiger partial charge is 0.489 e. The first-order valence-electron chi connectivity index (χ1n) is 6.39. The molecule has 0 spiro atoms. The normalized spacial score (nSPS) is 14.3. The highest BCUT2D eigenvalue weighted by Gasteiger charge is 2.18. The summed E-state index contributed by atoms with van der Waals surface area (Å²) >= 11 is 0. The molecule has 1 aliphatic heterocycles. The molecule has 0 aliphatic carbocycles. The Balaban J connectivity index is 0.00000133. The first-order chi connectivity index (χ1) is 8.92. The van der Waals surface area contributed by atoms with Crippen LogP contribution in [0.4, 0.5) is 0 Å². The van der Waals surface area contributed by atoms with Crippen LogP contribution in [0, 0.1) is 0 Å². The molecule has 3 rings (SSSR count). The Morgan fingerprint density at radius 1 is 1.00 bits per heavy atom. The van der Waals surface area contributed by atoms with Crippen molar-refractivity contribution < 1.29 is 4.74 Å². The molecule has 3 heteroatoms. The van der Waals surface area contributed by atoms with Crippen LogP contribution in [0.25, 0.3) is 0 Å². The predicted molar refractivity (Wildman–Crippen MR) is 80.1 cm³/mol. The summed E-state index contributed by atoms with van der Waals surface area (Å²) < 4.78 is 5.83. The van der Waals surface area contributed by atoms with Crippen molar-refractivity contribution in [3.05, 3.63) is 65.7 Å². The summed E-state index contributed by atoms with van der Waals surface area (Å²) in [7, 11) is 0. The van der Waals surface area contributed by atoms with Crippen LogP contribution in [-0.2, 0) is 6.61 Å². The van der Waals surface area contributed by atoms with Crippen LogP contribution in [-0.4, -0.2) is 13.1 Å². The molecule has 0 radical (unpaired) electrons. The minimum Gasteiger partial charge on any atom is -0.489 e. The van der Waals surface area contributed by atoms with Gasteiger partial charge in [0.25, 0.3) is 0 Å². The number of ether oxygens (including phenoxy) is 1. The third-order valence-corrected chi connectivity index (χ3v) is 3.36. The van der Waals surface area contributed by atoms with Gasteiger partial charge in [-0.1, -0.05) is 42.5 Å². The summed E-state index contributed by atoms with van der Waals surface area (Å²) in [5.74, 6) is 1.62. The lowest BCUT2D eigenvalue weighted by Crippen LogP contribution is -2.39. The molecular weight excluding hydrogens is 258 g/mol. The van der Waals surface area contributed by atoms with Crippen molar-refractivity contribution in [2.75, 3.05) is 13.1 Å². The maximum atomic E-state index is 5.83. The second-order valence-electron chi connectivity index (χ2n) is 4.70. The molecule has 0 saturated carbocycles. The van der Waals surface area contributed by atoms with E-state index < -0.39 is 0 Å². The highest BCUT2D eigenvalue weighted by atomic mass is 35.5. The van der Waals surface area contributed by atoms with Gasteiger partial charge in [0.2, 0.25) is 0 Å². The Labute approximate surface area is 120 Å². The Bertz CT molecular complexity index is 511. The molecule has 1 heterocycles. The van der Waals surface area contributed by atoms with Crippen LogP contribution in [0.5, 0.6) is 5.75 Å². The van der Waals surface area contributed by atoms with E-state index in [0.717, 1.165) is 18.8 Å². The number of hydrogen-bond donors (Lipinski definition) is 1. The van der Waals surface area contributed by atoms with Crippen molar-refractivity contribution >= 4 is 12.4 Å². The Hall–Kier alpha value is -1.51. The van der Waals surface area contributed by atoms with Gasteiger partial charge in [-0.15, -0.1) is 12.4 Å². The van der Waals surface area contributed by atoms with Crippen molar-refractivity contribution in [3.63, 3.8) is 0 Å². The van der Waals surface area contributed by atoms with Gasteiger partial charge in [0, 0.05) is 19.0 Å². The first kappa shape index (κ1) is 13.9. The van der Waals surface area contributed by atoms with Crippen molar-refractivity contribution in [3.8, 4) is 5.75 Å². The molecule has 0 bridgehead atoms. The predicted octanol–water partition coefficient (Wildman–Crippen LogP) is 3.37. The van der Waals surface area contributed by atoms with Crippen LogP contribution >= 0.6 is 12.4 Å². The fraction of sp³-hybridized carbons (Fsp3) is 0.250. The minimum absolute atomic E-state index is 0. The van der Waals surface area contributed by atoms with Crippen LogP contribution in [0.2, 0.25) is 0 Å². The minimum atomic E-state index is 0. The van der Waals surface area contributed by atoms with E-state index in [9.17, 15) is 0 Å². The second kappa shape index (κ2) is 6.60. The Kier molecular flexibility index (Phi) is 4.83. The van der Waals surface area contributed by atoms with Crippen LogP contribution in [0.15, 0.2) is 54.6 Å². The van der Waals surface area contributed by atoms with E-state index in [-0.39, 0.29) is 12.4 Å². The molecule has 0 aromatic heterocycles. The average molecular weight is 276 g/mol. The summed E-state index contributed by atoms with van der Waals surface area (Å²) in [5.41, 5.74) is 2.58. The fourth-order valence-electron chi connectivity index (χ4n) is 2.12. The lowest BCUT2D eigenvalue weighted by molar-refractivity contribution is 0.305. The topological polar surface area (TPSA) is 21.3 Å². The lowest BCUT2D eigenvalue weighted by Gasteiger charge is -2.27. The van der Waals surface area contributed by atoms with Gasteiger partial charge in [-0.05, 0) is 23.3 Å². The standard InChI is InChI=1S/C16H17NO.ClH/c1-2-5-13(6-3-1)12-18-16-8-4-7-14(9-16)15-10-17-11-15;/h1-9,15,17H,10-12H2;1H. The molecule has 1 aliphatic rings. The SMILES string of the molecule is Cl.c1ccc(COc2cccc(C3CNC3)c2)cc1. The molecule has 1 fully saturated rings. The van der Waals surface area contributed by atoms with Crippen LogP contribution in [0.1, 0.15) is 17.0 Å².